The zero-order valence-electron chi connectivity index (χ0n) is 12.2. The summed E-state index contributed by atoms with van der Waals surface area (Å²) in [6, 6.07) is 5.35. The highest BCUT2D eigenvalue weighted by Gasteiger charge is 2.30. The number of carbonyl (C=O) groups excluding carboxylic acids is 2. The number of fused-ring (bicyclic) bond motifs is 1. The first-order chi connectivity index (χ1) is 10.6. The molecule has 0 saturated carbocycles. The molecule has 1 saturated heterocycles. The Morgan fingerprint density at radius 2 is 2.32 bits per heavy atom. The van der Waals surface area contributed by atoms with Crippen LogP contribution in [0.5, 0.6) is 0 Å². The fourth-order valence-corrected chi connectivity index (χ4v) is 2.89. The molecule has 1 aliphatic heterocycles. The molecule has 0 unspecified atom stereocenters. The molecule has 1 aromatic carbocycles. The van der Waals surface area contributed by atoms with E-state index < -0.39 is 0 Å². The van der Waals surface area contributed by atoms with Gasteiger partial charge < -0.3 is 19.6 Å². The van der Waals surface area contributed by atoms with Gasteiger partial charge >= 0.3 is 0 Å². The van der Waals surface area contributed by atoms with Gasteiger partial charge in [0.2, 0.25) is 11.8 Å². The van der Waals surface area contributed by atoms with Crippen molar-refractivity contribution in [1.82, 2.24) is 9.88 Å². The molecule has 7 heteroatoms. The highest BCUT2D eigenvalue weighted by Crippen LogP contribution is 2.22. The third-order valence-corrected chi connectivity index (χ3v) is 4.09. The second kappa shape index (κ2) is 5.92. The predicted octanol–water partition coefficient (Wildman–Crippen LogP) is 2.69. The van der Waals surface area contributed by atoms with Gasteiger partial charge in [-0.15, -0.1) is 0 Å². The number of benzene rings is 1. The Bertz CT molecular complexity index is 780. The van der Waals surface area contributed by atoms with E-state index in [-0.39, 0.29) is 17.7 Å². The first-order valence-electron chi connectivity index (χ1n) is 7.28. The lowest BCUT2D eigenvalue weighted by Crippen LogP contribution is -2.30. The smallest absolute Gasteiger partial charge is 0.266 e. The Morgan fingerprint density at radius 1 is 1.50 bits per heavy atom. The first kappa shape index (κ1) is 14.8. The van der Waals surface area contributed by atoms with Crippen LogP contribution in [0.3, 0.4) is 0 Å². The number of carbonyl (C=O) groups is 2. The Labute approximate surface area is 132 Å². The molecule has 0 bridgehead atoms. The van der Waals surface area contributed by atoms with Crippen LogP contribution in [0.1, 0.15) is 19.8 Å². The summed E-state index contributed by atoms with van der Waals surface area (Å²) in [6.45, 7) is 2.97. The monoisotopic (exact) mass is 319 g/mol. The van der Waals surface area contributed by atoms with E-state index in [1.165, 1.54) is 0 Å². The average molecular weight is 319 g/mol. The van der Waals surface area contributed by atoms with Crippen molar-refractivity contribution >= 4 is 40.8 Å². The van der Waals surface area contributed by atoms with E-state index in [4.69, 9.17) is 16.6 Å². The fraction of sp³-hybridized carbons (Fsp3) is 0.400. The first-order valence-corrected chi connectivity index (χ1v) is 7.69. The number of anilines is 1. The third-order valence-electron chi connectivity index (χ3n) is 3.90. The van der Waals surface area contributed by atoms with Gasteiger partial charge in [0.25, 0.3) is 4.84 Å². The SMILES string of the molecule is CCC(=O)N1CC[C@@H](C(=O)Nc2ccc3[nH]c(=S)oc3c2)C1. The molecular formula is C15H17N3O3S. The van der Waals surface area contributed by atoms with Crippen LogP contribution in [0.25, 0.3) is 11.1 Å². The van der Waals surface area contributed by atoms with Gasteiger partial charge in [0.15, 0.2) is 5.58 Å². The summed E-state index contributed by atoms with van der Waals surface area (Å²) < 4.78 is 5.33. The van der Waals surface area contributed by atoms with E-state index in [1.807, 2.05) is 13.0 Å². The topological polar surface area (TPSA) is 78.3 Å². The fourth-order valence-electron chi connectivity index (χ4n) is 2.69. The van der Waals surface area contributed by atoms with E-state index in [2.05, 4.69) is 10.3 Å². The van der Waals surface area contributed by atoms with E-state index in [0.717, 1.165) is 5.52 Å². The van der Waals surface area contributed by atoms with E-state index in [1.54, 1.807) is 17.0 Å². The molecule has 22 heavy (non-hydrogen) atoms. The molecule has 6 nitrogen and oxygen atoms in total. The van der Waals surface area contributed by atoms with Gasteiger partial charge in [-0.25, -0.2) is 0 Å². The molecule has 2 heterocycles. The lowest BCUT2D eigenvalue weighted by molar-refractivity contribution is -0.130. The minimum atomic E-state index is -0.163. The predicted molar refractivity (Wildman–Crippen MR) is 85.0 cm³/mol. The number of hydrogen-bond donors (Lipinski definition) is 2. The van der Waals surface area contributed by atoms with Crippen molar-refractivity contribution in [2.75, 3.05) is 18.4 Å². The molecule has 0 spiro atoms. The number of nitrogens with one attached hydrogen (secondary N) is 2. The zero-order valence-corrected chi connectivity index (χ0v) is 13.0. The molecule has 1 aliphatic rings. The van der Waals surface area contributed by atoms with E-state index in [9.17, 15) is 9.59 Å². The maximum atomic E-state index is 12.3. The van der Waals surface area contributed by atoms with Crippen molar-refractivity contribution in [2.45, 2.75) is 19.8 Å². The summed E-state index contributed by atoms with van der Waals surface area (Å²) >= 11 is 4.93. The second-order valence-corrected chi connectivity index (χ2v) is 5.76. The van der Waals surface area contributed by atoms with Crippen molar-refractivity contribution in [3.8, 4) is 0 Å². The lowest BCUT2D eigenvalue weighted by atomic mass is 10.1. The van der Waals surface area contributed by atoms with Crippen molar-refractivity contribution in [3.05, 3.63) is 23.0 Å². The largest absolute Gasteiger partial charge is 0.429 e. The van der Waals surface area contributed by atoms with Gasteiger partial charge in [-0.1, -0.05) is 6.92 Å². The molecule has 0 aliphatic carbocycles. The molecule has 2 amide bonds. The van der Waals surface area contributed by atoms with Crippen molar-refractivity contribution in [3.63, 3.8) is 0 Å². The molecule has 1 aromatic heterocycles. The molecule has 3 rings (SSSR count). The molecule has 0 radical (unpaired) electrons. The van der Waals surface area contributed by atoms with Crippen molar-refractivity contribution < 1.29 is 14.0 Å². The number of H-pyrrole nitrogens is 1. The minimum absolute atomic E-state index is 0.0696. The number of rotatable bonds is 3. The molecule has 1 atom stereocenters. The number of aromatic nitrogens is 1. The summed E-state index contributed by atoms with van der Waals surface area (Å²) in [5, 5.41) is 2.88. The number of amides is 2. The van der Waals surface area contributed by atoms with Gasteiger partial charge in [0.05, 0.1) is 11.4 Å². The summed E-state index contributed by atoms with van der Waals surface area (Å²) in [5.41, 5.74) is 2.07. The quantitative estimate of drug-likeness (QED) is 0.853. The summed E-state index contributed by atoms with van der Waals surface area (Å²) in [5.74, 6) is -0.135. The highest BCUT2D eigenvalue weighted by atomic mass is 32.1. The molecule has 2 aromatic rings. The van der Waals surface area contributed by atoms with Crippen LogP contribution in [0.2, 0.25) is 0 Å². The minimum Gasteiger partial charge on any atom is -0.429 e. The van der Waals surface area contributed by atoms with Gasteiger partial charge in [-0.05, 0) is 30.8 Å². The summed E-state index contributed by atoms with van der Waals surface area (Å²) in [6.07, 6.45) is 1.17. The Kier molecular flexibility index (Phi) is 3.98. The number of aromatic amines is 1. The zero-order chi connectivity index (χ0) is 15.7. The number of oxazole rings is 1. The maximum absolute atomic E-state index is 12.3. The Balaban J connectivity index is 1.68. The van der Waals surface area contributed by atoms with Crippen LogP contribution in [-0.4, -0.2) is 34.8 Å². The second-order valence-electron chi connectivity index (χ2n) is 5.39. The van der Waals surface area contributed by atoms with Crippen LogP contribution in [0.15, 0.2) is 22.6 Å². The molecule has 1 fully saturated rings. The van der Waals surface area contributed by atoms with Gasteiger partial charge in [-0.3, -0.25) is 9.59 Å². The van der Waals surface area contributed by atoms with Gasteiger partial charge in [0.1, 0.15) is 0 Å². The van der Waals surface area contributed by atoms with Crippen LogP contribution >= 0.6 is 12.2 Å². The highest BCUT2D eigenvalue weighted by molar-refractivity contribution is 7.71. The van der Waals surface area contributed by atoms with Crippen LogP contribution < -0.4 is 5.32 Å². The third kappa shape index (κ3) is 2.89. The number of nitrogens with zero attached hydrogens (tertiary/aromatic N) is 1. The Hall–Kier alpha value is -2.15. The molecular weight excluding hydrogens is 302 g/mol. The van der Waals surface area contributed by atoms with Gasteiger partial charge in [-0.2, -0.15) is 0 Å². The standard InChI is InChI=1S/C15H17N3O3S/c1-2-13(19)18-6-5-9(8-18)14(20)16-10-3-4-11-12(7-10)21-15(22)17-11/h3-4,7,9H,2,5-6,8H2,1H3,(H,16,20)(H,17,22)/t9-/m1/s1. The van der Waals surface area contributed by atoms with Crippen LogP contribution in [-0.2, 0) is 9.59 Å². The maximum Gasteiger partial charge on any atom is 0.266 e. The van der Waals surface area contributed by atoms with Gasteiger partial charge in [0, 0.05) is 31.3 Å². The average Bonchev–Trinajstić information content (AvgIpc) is 3.11. The van der Waals surface area contributed by atoms with Crippen molar-refractivity contribution in [1.29, 1.82) is 0 Å². The summed E-state index contributed by atoms with van der Waals surface area (Å²) in [4.78, 5) is 28.9. The number of likely N-dealkylation sites (tertiary alicyclic amines) is 1. The summed E-state index contributed by atoms with van der Waals surface area (Å²) in [7, 11) is 0. The normalized spacial score (nSPS) is 17.9. The molecule has 116 valence electrons. The molecule has 2 N–H and O–H groups in total. The van der Waals surface area contributed by atoms with Crippen LogP contribution in [0.4, 0.5) is 5.69 Å². The van der Waals surface area contributed by atoms with E-state index in [0.29, 0.717) is 42.0 Å². The van der Waals surface area contributed by atoms with Crippen molar-refractivity contribution in [2.24, 2.45) is 5.92 Å². The van der Waals surface area contributed by atoms with Crippen LogP contribution in [0, 0.1) is 10.8 Å². The Morgan fingerprint density at radius 3 is 3.09 bits per heavy atom. The van der Waals surface area contributed by atoms with E-state index >= 15 is 0 Å². The lowest BCUT2D eigenvalue weighted by Gasteiger charge is -2.15. The number of hydrogen-bond acceptors (Lipinski definition) is 4.